The lowest BCUT2D eigenvalue weighted by Crippen LogP contribution is -2.03. The summed E-state index contributed by atoms with van der Waals surface area (Å²) in [4.78, 5) is 8.68. The van der Waals surface area contributed by atoms with Crippen LogP contribution in [0.25, 0.3) is 10.9 Å². The maximum absolute atomic E-state index is 10.7. The monoisotopic (exact) mass is 264 g/mol. The van der Waals surface area contributed by atoms with Crippen LogP contribution in [-0.2, 0) is 0 Å². The predicted octanol–water partition coefficient (Wildman–Crippen LogP) is 3.33. The first-order valence-electron chi connectivity index (χ1n) is 6.62. The molecule has 0 amide bonds. The van der Waals surface area contributed by atoms with Crippen LogP contribution in [-0.4, -0.2) is 15.1 Å². The van der Waals surface area contributed by atoms with Gasteiger partial charge in [0.2, 0.25) is 0 Å². The van der Waals surface area contributed by atoms with E-state index in [1.807, 2.05) is 56.3 Å². The third kappa shape index (κ3) is 2.28. The number of aryl methyl sites for hydroxylation is 2. The Hall–Kier alpha value is -2.26. The summed E-state index contributed by atoms with van der Waals surface area (Å²) in [5, 5.41) is 11.7. The van der Waals surface area contributed by atoms with E-state index in [-0.39, 0.29) is 0 Å². The largest absolute Gasteiger partial charge is 0.384 e. The van der Waals surface area contributed by atoms with E-state index in [2.05, 4.69) is 9.97 Å². The van der Waals surface area contributed by atoms with Crippen molar-refractivity contribution in [3.63, 3.8) is 0 Å². The molecule has 1 N–H and O–H groups in total. The second-order valence-electron chi connectivity index (χ2n) is 5.00. The van der Waals surface area contributed by atoms with E-state index in [1.54, 1.807) is 6.20 Å². The van der Waals surface area contributed by atoms with Crippen molar-refractivity contribution < 1.29 is 5.11 Å². The van der Waals surface area contributed by atoms with Crippen molar-refractivity contribution in [3.05, 3.63) is 71.2 Å². The quantitative estimate of drug-likeness (QED) is 0.772. The number of aromatic nitrogens is 2. The number of aliphatic hydroxyl groups is 1. The summed E-state index contributed by atoms with van der Waals surface area (Å²) < 4.78 is 0. The second-order valence-corrected chi connectivity index (χ2v) is 5.00. The summed E-state index contributed by atoms with van der Waals surface area (Å²) in [6.45, 7) is 3.88. The molecule has 0 aliphatic rings. The van der Waals surface area contributed by atoms with Crippen LogP contribution in [0.4, 0.5) is 0 Å². The molecule has 2 aromatic heterocycles. The minimum Gasteiger partial charge on any atom is -0.384 e. The fourth-order valence-corrected chi connectivity index (χ4v) is 2.57. The topological polar surface area (TPSA) is 46.0 Å². The Morgan fingerprint density at radius 2 is 1.75 bits per heavy atom. The van der Waals surface area contributed by atoms with Crippen molar-refractivity contribution >= 4 is 10.9 Å². The normalized spacial score (nSPS) is 12.6. The molecule has 0 fully saturated rings. The van der Waals surface area contributed by atoms with Gasteiger partial charge in [-0.2, -0.15) is 0 Å². The standard InChI is InChI=1S/C17H16N2O/c1-11-9-13(10-12(2)19-11)17(20)15-5-3-7-16-14(15)6-4-8-18-16/h3-10,17,20H,1-2H3. The molecular formula is C17H16N2O. The van der Waals surface area contributed by atoms with Crippen LogP contribution in [0.3, 0.4) is 0 Å². The molecule has 0 radical (unpaired) electrons. The van der Waals surface area contributed by atoms with Gasteiger partial charge in [0.15, 0.2) is 0 Å². The van der Waals surface area contributed by atoms with Crippen molar-refractivity contribution in [2.75, 3.05) is 0 Å². The van der Waals surface area contributed by atoms with Crippen molar-refractivity contribution in [1.29, 1.82) is 0 Å². The molecule has 20 heavy (non-hydrogen) atoms. The van der Waals surface area contributed by atoms with Crippen molar-refractivity contribution in [1.82, 2.24) is 9.97 Å². The van der Waals surface area contributed by atoms with Crippen molar-refractivity contribution in [2.45, 2.75) is 20.0 Å². The average molecular weight is 264 g/mol. The van der Waals surface area contributed by atoms with Gasteiger partial charge in [-0.3, -0.25) is 9.97 Å². The predicted molar refractivity (Wildman–Crippen MR) is 79.5 cm³/mol. The Bertz CT molecular complexity index is 742. The fraction of sp³-hybridized carbons (Fsp3) is 0.176. The molecule has 0 aliphatic carbocycles. The van der Waals surface area contributed by atoms with Crippen molar-refractivity contribution in [2.24, 2.45) is 0 Å². The molecule has 0 bridgehead atoms. The van der Waals surface area contributed by atoms with E-state index in [1.165, 1.54) is 0 Å². The Morgan fingerprint density at radius 1 is 1.00 bits per heavy atom. The van der Waals surface area contributed by atoms with Crippen LogP contribution < -0.4 is 0 Å². The molecule has 3 rings (SSSR count). The van der Waals surface area contributed by atoms with Gasteiger partial charge in [-0.25, -0.2) is 0 Å². The highest BCUT2D eigenvalue weighted by atomic mass is 16.3. The smallest absolute Gasteiger partial charge is 0.105 e. The van der Waals surface area contributed by atoms with Gasteiger partial charge in [-0.15, -0.1) is 0 Å². The zero-order chi connectivity index (χ0) is 14.1. The van der Waals surface area contributed by atoms with Gasteiger partial charge in [0, 0.05) is 23.0 Å². The highest BCUT2D eigenvalue weighted by molar-refractivity contribution is 5.82. The number of hydrogen-bond donors (Lipinski definition) is 1. The number of fused-ring (bicyclic) bond motifs is 1. The summed E-state index contributed by atoms with van der Waals surface area (Å²) in [7, 11) is 0. The number of aliphatic hydroxyl groups excluding tert-OH is 1. The molecule has 0 aliphatic heterocycles. The maximum atomic E-state index is 10.7. The Balaban J connectivity index is 2.15. The lowest BCUT2D eigenvalue weighted by atomic mass is 9.97. The number of benzene rings is 1. The minimum atomic E-state index is -0.664. The summed E-state index contributed by atoms with van der Waals surface area (Å²) >= 11 is 0. The molecule has 0 spiro atoms. The van der Waals surface area contributed by atoms with Crippen molar-refractivity contribution in [3.8, 4) is 0 Å². The Labute approximate surface area is 117 Å². The first-order chi connectivity index (χ1) is 9.65. The Morgan fingerprint density at radius 3 is 2.50 bits per heavy atom. The molecule has 1 atom stereocenters. The summed E-state index contributed by atoms with van der Waals surface area (Å²) in [5.74, 6) is 0. The number of pyridine rings is 2. The number of nitrogens with zero attached hydrogens (tertiary/aromatic N) is 2. The van der Waals surface area contributed by atoms with Gasteiger partial charge in [0.1, 0.15) is 6.10 Å². The van der Waals surface area contributed by atoms with Crippen LogP contribution >= 0.6 is 0 Å². The summed E-state index contributed by atoms with van der Waals surface area (Å²) in [6, 6.07) is 13.5. The highest BCUT2D eigenvalue weighted by Gasteiger charge is 2.14. The van der Waals surface area contributed by atoms with Gasteiger partial charge in [0.05, 0.1) is 5.52 Å². The minimum absolute atomic E-state index is 0.664. The van der Waals surface area contributed by atoms with E-state index < -0.39 is 6.10 Å². The fourth-order valence-electron chi connectivity index (χ4n) is 2.57. The first kappa shape index (κ1) is 12.8. The van der Waals surface area contributed by atoms with Crippen LogP contribution in [0.2, 0.25) is 0 Å². The molecule has 2 heterocycles. The summed E-state index contributed by atoms with van der Waals surface area (Å²) in [5.41, 5.74) is 4.47. The third-order valence-corrected chi connectivity index (χ3v) is 3.39. The van der Waals surface area contributed by atoms with Crippen LogP contribution in [0.1, 0.15) is 28.6 Å². The van der Waals surface area contributed by atoms with Gasteiger partial charge in [-0.05, 0) is 49.2 Å². The van der Waals surface area contributed by atoms with E-state index in [0.29, 0.717) is 0 Å². The molecule has 1 unspecified atom stereocenters. The van der Waals surface area contributed by atoms with E-state index in [4.69, 9.17) is 0 Å². The molecule has 100 valence electrons. The molecular weight excluding hydrogens is 248 g/mol. The number of rotatable bonds is 2. The van der Waals surface area contributed by atoms with E-state index in [0.717, 1.165) is 33.4 Å². The highest BCUT2D eigenvalue weighted by Crippen LogP contribution is 2.28. The number of hydrogen-bond acceptors (Lipinski definition) is 3. The lowest BCUT2D eigenvalue weighted by Gasteiger charge is -2.15. The molecule has 0 saturated heterocycles. The molecule has 0 saturated carbocycles. The SMILES string of the molecule is Cc1cc(C(O)c2cccc3ncccc23)cc(C)n1. The Kier molecular flexibility index (Phi) is 3.20. The van der Waals surface area contributed by atoms with Gasteiger partial charge >= 0.3 is 0 Å². The zero-order valence-corrected chi connectivity index (χ0v) is 11.5. The van der Waals surface area contributed by atoms with E-state index in [9.17, 15) is 5.11 Å². The molecule has 3 nitrogen and oxygen atoms in total. The van der Waals surface area contributed by atoms with Crippen LogP contribution in [0.5, 0.6) is 0 Å². The molecule has 3 heteroatoms. The van der Waals surface area contributed by atoms with Gasteiger partial charge in [0.25, 0.3) is 0 Å². The van der Waals surface area contributed by atoms with Crippen LogP contribution in [0.15, 0.2) is 48.7 Å². The molecule has 1 aromatic carbocycles. The lowest BCUT2D eigenvalue weighted by molar-refractivity contribution is 0.221. The van der Waals surface area contributed by atoms with Gasteiger partial charge in [-0.1, -0.05) is 18.2 Å². The summed E-state index contributed by atoms with van der Waals surface area (Å²) in [6.07, 6.45) is 1.10. The van der Waals surface area contributed by atoms with Crippen LogP contribution in [0, 0.1) is 13.8 Å². The zero-order valence-electron chi connectivity index (χ0n) is 11.5. The second kappa shape index (κ2) is 5.02. The first-order valence-corrected chi connectivity index (χ1v) is 6.62. The van der Waals surface area contributed by atoms with E-state index >= 15 is 0 Å². The average Bonchev–Trinajstić information content (AvgIpc) is 2.45. The third-order valence-electron chi connectivity index (χ3n) is 3.39. The molecule has 3 aromatic rings. The van der Waals surface area contributed by atoms with Gasteiger partial charge < -0.3 is 5.11 Å². The maximum Gasteiger partial charge on any atom is 0.105 e.